The molecule has 1 saturated heterocycles. The molecule has 10 heteroatoms. The lowest BCUT2D eigenvalue weighted by molar-refractivity contribution is -0.132. The lowest BCUT2D eigenvalue weighted by Gasteiger charge is -2.33. The fraction of sp³-hybridized carbons (Fsp3) is 0.429. The smallest absolute Gasteiger partial charge is 0.233 e. The minimum atomic E-state index is -3.07. The van der Waals surface area contributed by atoms with Crippen molar-refractivity contribution in [3.05, 3.63) is 42.9 Å². The van der Waals surface area contributed by atoms with Gasteiger partial charge in [0.25, 0.3) is 0 Å². The first-order valence-electron chi connectivity index (χ1n) is 10.3. The third-order valence-corrected chi connectivity index (χ3v) is 8.36. The zero-order chi connectivity index (χ0) is 22.0. The van der Waals surface area contributed by atoms with Gasteiger partial charge in [0.15, 0.2) is 15.5 Å². The molecule has 2 aromatic heterocycles. The quantitative estimate of drug-likeness (QED) is 0.396. The van der Waals surface area contributed by atoms with Crippen molar-refractivity contribution >= 4 is 38.5 Å². The Kier molecular flexibility index (Phi) is 6.29. The highest BCUT2D eigenvalue weighted by Crippen LogP contribution is 2.28. The lowest BCUT2D eigenvalue weighted by Crippen LogP contribution is -2.47. The predicted octanol–water partition coefficient (Wildman–Crippen LogP) is 2.72. The first kappa shape index (κ1) is 21.8. The van der Waals surface area contributed by atoms with Crippen LogP contribution in [0.4, 0.5) is 0 Å². The molecule has 31 heavy (non-hydrogen) atoms. The molecule has 0 spiro atoms. The van der Waals surface area contributed by atoms with Gasteiger partial charge in [-0.25, -0.2) is 23.1 Å². The largest absolute Gasteiger partial charge is 0.335 e. The number of benzene rings is 1. The van der Waals surface area contributed by atoms with E-state index in [1.165, 1.54) is 18.1 Å². The zero-order valence-corrected chi connectivity index (χ0v) is 19.1. The lowest BCUT2D eigenvalue weighted by atomic mass is 10.1. The maximum atomic E-state index is 13.1. The van der Waals surface area contributed by atoms with Gasteiger partial charge in [-0.1, -0.05) is 36.9 Å². The first-order chi connectivity index (χ1) is 14.9. The standard InChI is InChI=1S/C21H25N5O3S2/c1-3-15(2)25(17-9-10-31(28,29)13-17)19(27)12-30-21-18-11-24-26(20(18)22-14-23-21)16-7-5-4-6-8-16/h4-8,11,14-15,17H,3,9-10,12-13H2,1-2H3/t15-,17+/m0/s1. The Hall–Kier alpha value is -2.46. The Bertz CT molecular complexity index is 1180. The second-order valence-corrected chi connectivity index (χ2v) is 10.9. The van der Waals surface area contributed by atoms with Gasteiger partial charge in [0, 0.05) is 12.1 Å². The molecule has 164 valence electrons. The first-order valence-corrected chi connectivity index (χ1v) is 13.1. The maximum Gasteiger partial charge on any atom is 0.233 e. The molecule has 0 radical (unpaired) electrons. The SMILES string of the molecule is CC[C@H](C)N(C(=O)CSc1ncnc2c1cnn2-c1ccccc1)[C@@H]1CCS(=O)(=O)C1. The van der Waals surface area contributed by atoms with Crippen molar-refractivity contribution in [1.29, 1.82) is 0 Å². The number of rotatable bonds is 7. The number of fused-ring (bicyclic) bond motifs is 1. The molecule has 0 bridgehead atoms. The van der Waals surface area contributed by atoms with Crippen LogP contribution in [0.25, 0.3) is 16.7 Å². The summed E-state index contributed by atoms with van der Waals surface area (Å²) >= 11 is 1.34. The molecule has 1 amide bonds. The summed E-state index contributed by atoms with van der Waals surface area (Å²) in [5, 5.41) is 5.91. The van der Waals surface area contributed by atoms with Crippen molar-refractivity contribution in [1.82, 2.24) is 24.6 Å². The third-order valence-electron chi connectivity index (χ3n) is 5.62. The number of carbonyl (C=O) groups is 1. The van der Waals surface area contributed by atoms with E-state index in [1.54, 1.807) is 15.8 Å². The van der Waals surface area contributed by atoms with Gasteiger partial charge in [-0.05, 0) is 31.9 Å². The second kappa shape index (κ2) is 8.96. The number of nitrogens with zero attached hydrogens (tertiary/aromatic N) is 5. The summed E-state index contributed by atoms with van der Waals surface area (Å²) in [4.78, 5) is 23.6. The van der Waals surface area contributed by atoms with Gasteiger partial charge >= 0.3 is 0 Å². The molecule has 0 N–H and O–H groups in total. The van der Waals surface area contributed by atoms with Crippen LogP contribution in [0.3, 0.4) is 0 Å². The van der Waals surface area contributed by atoms with Crippen LogP contribution in [-0.2, 0) is 14.6 Å². The highest BCUT2D eigenvalue weighted by atomic mass is 32.2. The molecule has 3 aromatic rings. The molecule has 0 aliphatic carbocycles. The highest BCUT2D eigenvalue weighted by molar-refractivity contribution is 8.00. The number of carbonyl (C=O) groups excluding carboxylic acids is 1. The van der Waals surface area contributed by atoms with E-state index >= 15 is 0 Å². The number of sulfone groups is 1. The Morgan fingerprint density at radius 2 is 2.06 bits per heavy atom. The Labute approximate surface area is 186 Å². The normalized spacial score (nSPS) is 18.8. The van der Waals surface area contributed by atoms with Gasteiger partial charge in [-0.15, -0.1) is 0 Å². The molecule has 0 unspecified atom stereocenters. The van der Waals surface area contributed by atoms with Crippen LogP contribution in [-0.4, -0.2) is 68.3 Å². The van der Waals surface area contributed by atoms with E-state index in [0.717, 1.165) is 17.5 Å². The maximum absolute atomic E-state index is 13.1. The van der Waals surface area contributed by atoms with E-state index in [9.17, 15) is 13.2 Å². The summed E-state index contributed by atoms with van der Waals surface area (Å²) in [6.45, 7) is 3.98. The summed E-state index contributed by atoms with van der Waals surface area (Å²) in [7, 11) is -3.07. The van der Waals surface area contributed by atoms with Crippen molar-refractivity contribution in [3.8, 4) is 5.69 Å². The second-order valence-electron chi connectivity index (χ2n) is 7.71. The zero-order valence-electron chi connectivity index (χ0n) is 17.5. The molecule has 1 aromatic carbocycles. The predicted molar refractivity (Wildman–Crippen MR) is 121 cm³/mol. The molecule has 4 rings (SSSR count). The molecule has 1 aliphatic rings. The molecule has 0 saturated carbocycles. The number of aromatic nitrogens is 4. The summed E-state index contributed by atoms with van der Waals surface area (Å²) < 4.78 is 25.7. The van der Waals surface area contributed by atoms with Crippen molar-refractivity contribution in [2.24, 2.45) is 0 Å². The minimum absolute atomic E-state index is 0.0161. The molecule has 1 fully saturated rings. The summed E-state index contributed by atoms with van der Waals surface area (Å²) in [5.74, 6) is 0.318. The number of hydrogen-bond acceptors (Lipinski definition) is 7. The Balaban J connectivity index is 1.54. The molecule has 8 nitrogen and oxygen atoms in total. The number of thioether (sulfide) groups is 1. The number of para-hydroxylation sites is 1. The van der Waals surface area contributed by atoms with E-state index in [0.29, 0.717) is 17.1 Å². The Morgan fingerprint density at radius 1 is 1.29 bits per heavy atom. The molecular formula is C21H25N5O3S2. The summed E-state index contributed by atoms with van der Waals surface area (Å²) in [5.41, 5.74) is 1.57. The van der Waals surface area contributed by atoms with Crippen molar-refractivity contribution < 1.29 is 13.2 Å². The minimum Gasteiger partial charge on any atom is -0.335 e. The van der Waals surface area contributed by atoms with Crippen LogP contribution >= 0.6 is 11.8 Å². The van der Waals surface area contributed by atoms with Gasteiger partial charge in [-0.3, -0.25) is 4.79 Å². The van der Waals surface area contributed by atoms with Gasteiger partial charge in [0.1, 0.15) is 11.4 Å². The van der Waals surface area contributed by atoms with Gasteiger partial charge in [-0.2, -0.15) is 5.10 Å². The molecule has 1 aliphatic heterocycles. The van der Waals surface area contributed by atoms with E-state index < -0.39 is 9.84 Å². The number of hydrogen-bond donors (Lipinski definition) is 0. The van der Waals surface area contributed by atoms with E-state index in [4.69, 9.17) is 0 Å². The average molecular weight is 460 g/mol. The average Bonchev–Trinajstić information content (AvgIpc) is 3.36. The van der Waals surface area contributed by atoms with Crippen LogP contribution in [0.15, 0.2) is 47.9 Å². The van der Waals surface area contributed by atoms with Crippen molar-refractivity contribution in [3.63, 3.8) is 0 Å². The van der Waals surface area contributed by atoms with Crippen LogP contribution in [0, 0.1) is 0 Å². The van der Waals surface area contributed by atoms with Crippen LogP contribution in [0.2, 0.25) is 0 Å². The van der Waals surface area contributed by atoms with E-state index in [-0.39, 0.29) is 35.2 Å². The van der Waals surface area contributed by atoms with Gasteiger partial charge in [0.2, 0.25) is 5.91 Å². The summed E-state index contributed by atoms with van der Waals surface area (Å²) in [6, 6.07) is 9.44. The van der Waals surface area contributed by atoms with E-state index in [1.807, 2.05) is 44.2 Å². The van der Waals surface area contributed by atoms with Crippen LogP contribution in [0.1, 0.15) is 26.7 Å². The topological polar surface area (TPSA) is 98.1 Å². The third kappa shape index (κ3) is 4.59. The molecule has 2 atom stereocenters. The van der Waals surface area contributed by atoms with E-state index in [2.05, 4.69) is 15.1 Å². The number of amides is 1. The van der Waals surface area contributed by atoms with Crippen LogP contribution < -0.4 is 0 Å². The molecule has 3 heterocycles. The summed E-state index contributed by atoms with van der Waals surface area (Å²) in [6.07, 6.45) is 4.47. The molecular weight excluding hydrogens is 434 g/mol. The van der Waals surface area contributed by atoms with Crippen molar-refractivity contribution in [2.75, 3.05) is 17.3 Å². The van der Waals surface area contributed by atoms with Crippen LogP contribution in [0.5, 0.6) is 0 Å². The van der Waals surface area contributed by atoms with Crippen molar-refractivity contribution in [2.45, 2.75) is 43.8 Å². The highest BCUT2D eigenvalue weighted by Gasteiger charge is 2.36. The Morgan fingerprint density at radius 3 is 2.74 bits per heavy atom. The monoisotopic (exact) mass is 459 g/mol. The van der Waals surface area contributed by atoms with Gasteiger partial charge < -0.3 is 4.90 Å². The van der Waals surface area contributed by atoms with Gasteiger partial charge in [0.05, 0.1) is 34.5 Å². The fourth-order valence-corrected chi connectivity index (χ4v) is 6.44. The fourth-order valence-electron chi connectivity index (χ4n) is 3.90.